The summed E-state index contributed by atoms with van der Waals surface area (Å²) in [6.07, 6.45) is -2.72. The van der Waals surface area contributed by atoms with Gasteiger partial charge in [-0.15, -0.1) is 11.3 Å². The number of fused-ring (bicyclic) bond motifs is 1. The molecule has 0 aliphatic heterocycles. The molecule has 1 aliphatic carbocycles. The molecule has 124 valence electrons. The Kier molecular flexibility index (Phi) is 4.05. The van der Waals surface area contributed by atoms with Gasteiger partial charge in [0.05, 0.1) is 11.5 Å². The van der Waals surface area contributed by atoms with Crippen LogP contribution in [0.4, 0.5) is 13.2 Å². The van der Waals surface area contributed by atoms with E-state index in [0.29, 0.717) is 15.8 Å². The molecule has 0 radical (unpaired) electrons. The van der Waals surface area contributed by atoms with Crippen molar-refractivity contribution in [1.29, 1.82) is 0 Å². The van der Waals surface area contributed by atoms with E-state index in [0.717, 1.165) is 30.2 Å². The number of carbonyl (C=O) groups is 1. The molecular weight excluding hydrogens is 329 g/mol. The predicted molar refractivity (Wildman–Crippen MR) is 80.5 cm³/mol. The highest BCUT2D eigenvalue weighted by Gasteiger charge is 2.35. The van der Waals surface area contributed by atoms with Gasteiger partial charge >= 0.3 is 6.18 Å². The van der Waals surface area contributed by atoms with Crippen molar-refractivity contribution < 1.29 is 23.1 Å². The Morgan fingerprint density at radius 3 is 2.70 bits per heavy atom. The number of aliphatic hydroxyl groups excluding tert-OH is 1. The number of nitrogens with zero attached hydrogens (tertiary/aromatic N) is 2. The van der Waals surface area contributed by atoms with E-state index in [1.165, 1.54) is 6.07 Å². The fourth-order valence-corrected chi connectivity index (χ4v) is 3.67. The molecule has 1 N–H and O–H groups in total. The lowest BCUT2D eigenvalue weighted by atomic mass is 10.1. The van der Waals surface area contributed by atoms with E-state index in [1.54, 1.807) is 11.8 Å². The van der Waals surface area contributed by atoms with Gasteiger partial charge in [0.2, 0.25) is 0 Å². The van der Waals surface area contributed by atoms with Crippen molar-refractivity contribution in [2.75, 3.05) is 13.2 Å². The molecule has 0 saturated heterocycles. The van der Waals surface area contributed by atoms with Gasteiger partial charge < -0.3 is 10.0 Å². The maximum Gasteiger partial charge on any atom is 0.433 e. The van der Waals surface area contributed by atoms with Crippen LogP contribution in [0.25, 0.3) is 10.2 Å². The molecule has 0 bridgehead atoms. The van der Waals surface area contributed by atoms with Crippen LogP contribution in [-0.2, 0) is 6.18 Å². The molecule has 0 spiro atoms. The number of pyridine rings is 1. The number of alkyl halides is 3. The maximum absolute atomic E-state index is 12.8. The molecule has 4 nitrogen and oxygen atoms in total. The number of rotatable bonds is 4. The highest BCUT2D eigenvalue weighted by Crippen LogP contribution is 2.36. The van der Waals surface area contributed by atoms with Crippen molar-refractivity contribution in [3.63, 3.8) is 0 Å². The van der Waals surface area contributed by atoms with E-state index in [1.807, 2.05) is 0 Å². The van der Waals surface area contributed by atoms with E-state index in [9.17, 15) is 18.0 Å². The Morgan fingerprint density at radius 1 is 1.43 bits per heavy atom. The first-order valence-corrected chi connectivity index (χ1v) is 8.03. The first kappa shape index (κ1) is 16.2. The minimum Gasteiger partial charge on any atom is -0.395 e. The van der Waals surface area contributed by atoms with E-state index in [4.69, 9.17) is 5.11 Å². The highest BCUT2D eigenvalue weighted by molar-refractivity contribution is 7.20. The third-order valence-electron chi connectivity index (χ3n) is 3.88. The molecule has 1 saturated carbocycles. The van der Waals surface area contributed by atoms with E-state index < -0.39 is 11.9 Å². The molecule has 23 heavy (non-hydrogen) atoms. The van der Waals surface area contributed by atoms with Crippen molar-refractivity contribution in [2.24, 2.45) is 0 Å². The van der Waals surface area contributed by atoms with Crippen molar-refractivity contribution >= 4 is 27.5 Å². The van der Waals surface area contributed by atoms with Crippen LogP contribution in [-0.4, -0.2) is 40.1 Å². The average molecular weight is 344 g/mol. The quantitative estimate of drug-likeness (QED) is 0.927. The van der Waals surface area contributed by atoms with E-state index >= 15 is 0 Å². The van der Waals surface area contributed by atoms with Crippen LogP contribution in [0.3, 0.4) is 0 Å². The van der Waals surface area contributed by atoms with Gasteiger partial charge in [0, 0.05) is 18.0 Å². The minimum absolute atomic E-state index is 0.123. The lowest BCUT2D eigenvalue weighted by molar-refractivity contribution is -0.140. The molecule has 1 amide bonds. The summed E-state index contributed by atoms with van der Waals surface area (Å²) in [7, 11) is 0. The van der Waals surface area contributed by atoms with Gasteiger partial charge in [-0.2, -0.15) is 13.2 Å². The number of halogens is 3. The van der Waals surface area contributed by atoms with Gasteiger partial charge in [-0.05, 0) is 37.5 Å². The molecule has 1 aliphatic rings. The second-order valence-corrected chi connectivity index (χ2v) is 6.56. The topological polar surface area (TPSA) is 53.4 Å². The number of thiophene rings is 1. The van der Waals surface area contributed by atoms with Crippen LogP contribution >= 0.6 is 11.3 Å². The third kappa shape index (κ3) is 3.05. The fourth-order valence-electron chi connectivity index (χ4n) is 2.54. The molecule has 1 fully saturated rings. The molecular formula is C15H15F3N2O2S. The Morgan fingerprint density at radius 2 is 2.13 bits per heavy atom. The number of hydrogen-bond acceptors (Lipinski definition) is 4. The van der Waals surface area contributed by atoms with Crippen LogP contribution in [0.15, 0.2) is 12.1 Å². The van der Waals surface area contributed by atoms with Crippen LogP contribution in [0, 0.1) is 6.92 Å². The maximum atomic E-state index is 12.8. The Bertz CT molecular complexity index is 753. The number of carbonyl (C=O) groups excluding carboxylic acids is 1. The molecule has 0 atom stereocenters. The smallest absolute Gasteiger partial charge is 0.395 e. The summed E-state index contributed by atoms with van der Waals surface area (Å²) < 4.78 is 38.3. The summed E-state index contributed by atoms with van der Waals surface area (Å²) >= 11 is 0.978. The normalized spacial score (nSPS) is 15.2. The Hall–Kier alpha value is -1.67. The molecule has 2 aromatic rings. The molecule has 2 heterocycles. The predicted octanol–water partition coefficient (Wildman–Crippen LogP) is 3.22. The SMILES string of the molecule is Cc1c(C(=O)N(CCO)C2CC2)sc2nc(C(F)(F)F)ccc12. The molecule has 0 unspecified atom stereocenters. The monoisotopic (exact) mass is 344 g/mol. The van der Waals surface area contributed by atoms with Gasteiger partial charge in [0.25, 0.3) is 5.91 Å². The fraction of sp³-hybridized carbons (Fsp3) is 0.467. The van der Waals surface area contributed by atoms with Gasteiger partial charge in [-0.3, -0.25) is 4.79 Å². The number of aromatic nitrogens is 1. The summed E-state index contributed by atoms with van der Waals surface area (Å²) in [5.41, 5.74) is -0.320. The summed E-state index contributed by atoms with van der Waals surface area (Å²) in [6, 6.07) is 2.42. The van der Waals surface area contributed by atoms with Crippen molar-refractivity contribution in [3.8, 4) is 0 Å². The van der Waals surface area contributed by atoms with Crippen molar-refractivity contribution in [3.05, 3.63) is 28.3 Å². The van der Waals surface area contributed by atoms with Crippen molar-refractivity contribution in [2.45, 2.75) is 32.0 Å². The zero-order valence-electron chi connectivity index (χ0n) is 12.4. The van der Waals surface area contributed by atoms with Gasteiger partial charge in [-0.1, -0.05) is 0 Å². The first-order valence-electron chi connectivity index (χ1n) is 7.22. The summed E-state index contributed by atoms with van der Waals surface area (Å²) in [5.74, 6) is -0.240. The zero-order chi connectivity index (χ0) is 16.8. The lowest BCUT2D eigenvalue weighted by Gasteiger charge is -2.20. The summed E-state index contributed by atoms with van der Waals surface area (Å²) in [5, 5.41) is 9.68. The Labute approximate surface area is 134 Å². The summed E-state index contributed by atoms with van der Waals surface area (Å²) in [6.45, 7) is 1.81. The largest absolute Gasteiger partial charge is 0.433 e. The lowest BCUT2D eigenvalue weighted by Crippen LogP contribution is -2.35. The second-order valence-electron chi connectivity index (χ2n) is 5.56. The number of hydrogen-bond donors (Lipinski definition) is 1. The highest BCUT2D eigenvalue weighted by atomic mass is 32.1. The van der Waals surface area contributed by atoms with Crippen LogP contribution in [0.5, 0.6) is 0 Å². The van der Waals surface area contributed by atoms with E-state index in [-0.39, 0.29) is 29.9 Å². The van der Waals surface area contributed by atoms with Crippen LogP contribution in [0.1, 0.15) is 33.8 Å². The third-order valence-corrected chi connectivity index (χ3v) is 5.07. The Balaban J connectivity index is 2.00. The van der Waals surface area contributed by atoms with Crippen LogP contribution in [0.2, 0.25) is 0 Å². The summed E-state index contributed by atoms with van der Waals surface area (Å²) in [4.78, 5) is 18.5. The molecule has 8 heteroatoms. The first-order chi connectivity index (χ1) is 10.8. The number of aliphatic hydroxyl groups is 1. The standard InChI is InChI=1S/C15H15F3N2O2S/c1-8-10-4-5-11(15(16,17)18)19-13(10)23-12(8)14(22)20(6-7-21)9-2-3-9/h4-5,9,21H,2-3,6-7H2,1H3. The average Bonchev–Trinajstić information content (AvgIpc) is 3.27. The second kappa shape index (κ2) is 5.76. The van der Waals surface area contributed by atoms with Gasteiger partial charge in [-0.25, -0.2) is 4.98 Å². The van der Waals surface area contributed by atoms with E-state index in [2.05, 4.69) is 4.98 Å². The van der Waals surface area contributed by atoms with Gasteiger partial charge in [0.15, 0.2) is 0 Å². The van der Waals surface area contributed by atoms with Crippen molar-refractivity contribution in [1.82, 2.24) is 9.88 Å². The number of amides is 1. The molecule has 0 aromatic carbocycles. The zero-order valence-corrected chi connectivity index (χ0v) is 13.2. The minimum atomic E-state index is -4.51. The number of aryl methyl sites for hydroxylation is 1. The van der Waals surface area contributed by atoms with Gasteiger partial charge in [0.1, 0.15) is 10.5 Å². The van der Waals surface area contributed by atoms with Crippen LogP contribution < -0.4 is 0 Å². The molecule has 2 aromatic heterocycles. The molecule has 3 rings (SSSR count).